The molecule has 9 atom stereocenters. The van der Waals surface area contributed by atoms with Crippen LogP contribution in [0.5, 0.6) is 0 Å². The molecule has 0 saturated carbocycles. The van der Waals surface area contributed by atoms with Crippen LogP contribution in [-0.4, -0.2) is 143 Å². The lowest BCUT2D eigenvalue weighted by Crippen LogP contribution is -2.60. The average Bonchev–Trinajstić information content (AvgIpc) is 3.80. The number of benzene rings is 1. The molecule has 2 rings (SSSR count). The van der Waals surface area contributed by atoms with Crippen molar-refractivity contribution in [3.05, 3.63) is 35.9 Å². The van der Waals surface area contributed by atoms with Gasteiger partial charge in [0.2, 0.25) is 47.3 Å². The maximum Gasteiger partial charge on any atom is 0.326 e. The number of nitrogens with one attached hydrogen (secondary N) is 7. The van der Waals surface area contributed by atoms with Crippen LogP contribution in [-0.2, 0) is 49.6 Å². The van der Waals surface area contributed by atoms with E-state index < -0.39 is 121 Å². The summed E-state index contributed by atoms with van der Waals surface area (Å²) >= 11 is 0. The Kier molecular flexibility index (Phi) is 26.6. The first kappa shape index (κ1) is 60.5. The molecule has 1 heterocycles. The van der Waals surface area contributed by atoms with Gasteiger partial charge in [-0.15, -0.1) is 0 Å². The fourth-order valence-corrected chi connectivity index (χ4v) is 8.08. The molecule has 0 bridgehead atoms. The normalized spacial score (nSPS) is 17.0. The molecule has 0 radical (unpaired) electrons. The number of nitrogens with zero attached hydrogens (tertiary/aromatic N) is 1. The predicted octanol–water partition coefficient (Wildman–Crippen LogP) is -0.0373. The van der Waals surface area contributed by atoms with Crippen molar-refractivity contribution in [3.63, 3.8) is 0 Å². The SMILES string of the molecule is CC[C@H](C)[C@H](NC(=O)[C@H](CC(C)C)NC(=O)[C@@H](N)Cc1ccccc1)C(=O)N[C@@H](CC(C)C)C(=O)N[C@@H](CC(C)C)C(=O)NCC(=O)N[C@@H](CO)C(=O)N1CCC[C@H]1C(=O)N[C@@H](CCCCN)C(=O)O. The summed E-state index contributed by atoms with van der Waals surface area (Å²) in [6, 6.07) is 0.148. The minimum atomic E-state index is -1.49. The van der Waals surface area contributed by atoms with Crippen LogP contribution >= 0.6 is 0 Å². The number of rotatable bonds is 31. The molecule has 21 nitrogen and oxygen atoms in total. The van der Waals surface area contributed by atoms with E-state index in [9.17, 15) is 53.4 Å². The number of carbonyl (C=O) groups excluding carboxylic acids is 8. The van der Waals surface area contributed by atoms with Gasteiger partial charge in [-0.3, -0.25) is 38.4 Å². The number of amides is 8. The van der Waals surface area contributed by atoms with Crippen LogP contribution in [0, 0.1) is 23.7 Å². The Morgan fingerprint density at radius 2 is 1.23 bits per heavy atom. The van der Waals surface area contributed by atoms with E-state index in [-0.39, 0.29) is 62.8 Å². The summed E-state index contributed by atoms with van der Waals surface area (Å²) in [5, 5.41) is 38.2. The molecule has 394 valence electrons. The number of aliphatic hydroxyl groups is 1. The molecule has 0 aliphatic carbocycles. The molecule has 1 aliphatic heterocycles. The molecule has 8 amide bonds. The summed E-state index contributed by atoms with van der Waals surface area (Å²) in [4.78, 5) is 122. The van der Waals surface area contributed by atoms with E-state index in [0.29, 0.717) is 32.2 Å². The number of unbranched alkanes of at least 4 members (excludes halogenated alkanes) is 1. The van der Waals surface area contributed by atoms with Crippen molar-refractivity contribution in [1.29, 1.82) is 0 Å². The number of nitrogens with two attached hydrogens (primary N) is 2. The lowest BCUT2D eigenvalue weighted by Gasteiger charge is -2.30. The zero-order chi connectivity index (χ0) is 52.7. The third-order valence-electron chi connectivity index (χ3n) is 12.1. The number of hydrogen-bond donors (Lipinski definition) is 11. The second kappa shape index (κ2) is 30.8. The van der Waals surface area contributed by atoms with Gasteiger partial charge in [0.05, 0.1) is 19.2 Å². The number of likely N-dealkylation sites (tertiary alicyclic amines) is 1. The first-order chi connectivity index (χ1) is 33.0. The van der Waals surface area contributed by atoms with Crippen LogP contribution in [0.15, 0.2) is 30.3 Å². The van der Waals surface area contributed by atoms with Crippen molar-refractivity contribution in [1.82, 2.24) is 42.1 Å². The Morgan fingerprint density at radius 1 is 0.686 bits per heavy atom. The van der Waals surface area contributed by atoms with Gasteiger partial charge in [-0.2, -0.15) is 0 Å². The van der Waals surface area contributed by atoms with Gasteiger partial charge in [-0.25, -0.2) is 4.79 Å². The summed E-state index contributed by atoms with van der Waals surface area (Å²) < 4.78 is 0. The number of aliphatic hydroxyl groups excluding tert-OH is 1. The third-order valence-corrected chi connectivity index (χ3v) is 12.1. The Balaban J connectivity index is 2.16. The Morgan fingerprint density at radius 3 is 1.76 bits per heavy atom. The second-order valence-electron chi connectivity index (χ2n) is 19.6. The van der Waals surface area contributed by atoms with E-state index in [4.69, 9.17) is 11.5 Å². The van der Waals surface area contributed by atoms with E-state index >= 15 is 0 Å². The second-order valence-corrected chi connectivity index (χ2v) is 19.6. The van der Waals surface area contributed by atoms with E-state index in [1.54, 1.807) is 6.92 Å². The fourth-order valence-electron chi connectivity index (χ4n) is 8.08. The number of aliphatic carboxylic acids is 1. The monoisotopic (exact) mass is 987 g/mol. The summed E-state index contributed by atoms with van der Waals surface area (Å²) in [5.74, 6) is -7.35. The maximum atomic E-state index is 14.1. The molecular weight excluding hydrogens is 905 g/mol. The minimum absolute atomic E-state index is 0.0163. The third kappa shape index (κ3) is 20.7. The summed E-state index contributed by atoms with van der Waals surface area (Å²) in [5.41, 5.74) is 12.6. The van der Waals surface area contributed by atoms with Crippen LogP contribution in [0.2, 0.25) is 0 Å². The van der Waals surface area contributed by atoms with Gasteiger partial charge >= 0.3 is 5.97 Å². The van der Waals surface area contributed by atoms with Crippen LogP contribution < -0.4 is 48.7 Å². The summed E-state index contributed by atoms with van der Waals surface area (Å²) in [6.07, 6.45) is 3.12. The topological polar surface area (TPSA) is 334 Å². The molecule has 0 unspecified atom stereocenters. The molecule has 1 aromatic rings. The Bertz CT molecular complexity index is 1880. The average molecular weight is 987 g/mol. The fraction of sp³-hybridized carbons (Fsp3) is 0.694. The van der Waals surface area contributed by atoms with Gasteiger partial charge in [0.25, 0.3) is 0 Å². The van der Waals surface area contributed by atoms with E-state index in [1.165, 1.54) is 4.90 Å². The summed E-state index contributed by atoms with van der Waals surface area (Å²) in [7, 11) is 0. The van der Waals surface area contributed by atoms with Crippen molar-refractivity contribution in [3.8, 4) is 0 Å². The standard InChI is InChI=1S/C49H82N10O11/c1-9-31(8)41(58-45(65)37(24-30(6)7)55-42(62)33(51)25-32-16-11-10-12-17-32)47(67)57-36(23-29(4)5)44(64)56-35(22-28(2)3)43(63)52-26-40(61)53-38(27-60)48(68)59-21-15-19-39(59)46(66)54-34(49(69)70)18-13-14-20-50/h10-12,16-17,28-31,33-39,41,60H,9,13-15,18-27,50-51H2,1-8H3,(H,52,63)(H,53,61)(H,54,66)(H,55,62)(H,56,64)(H,57,67)(H,58,65)(H,69,70)/t31-,33-,34-,35-,36-,37-,38-,39-,41-/m0/s1. The molecule has 1 fully saturated rings. The highest BCUT2D eigenvalue weighted by Crippen LogP contribution is 2.20. The van der Waals surface area contributed by atoms with Crippen molar-refractivity contribution in [2.24, 2.45) is 35.1 Å². The maximum absolute atomic E-state index is 14.1. The first-order valence-corrected chi connectivity index (χ1v) is 24.8. The number of carboxylic acids is 1. The highest BCUT2D eigenvalue weighted by Gasteiger charge is 2.39. The van der Waals surface area contributed by atoms with Crippen LogP contribution in [0.1, 0.15) is 119 Å². The van der Waals surface area contributed by atoms with Gasteiger partial charge < -0.3 is 63.8 Å². The molecule has 0 aromatic heterocycles. The van der Waals surface area contributed by atoms with E-state index in [1.807, 2.05) is 78.8 Å². The molecule has 1 aromatic carbocycles. The molecule has 70 heavy (non-hydrogen) atoms. The number of carboxylic acid groups (broad SMARTS) is 1. The molecule has 1 aliphatic rings. The minimum Gasteiger partial charge on any atom is -0.480 e. The molecular formula is C49H82N10O11. The van der Waals surface area contributed by atoms with Gasteiger partial charge in [0, 0.05) is 6.54 Å². The Hall–Kier alpha value is -5.67. The Labute approximate surface area is 412 Å². The van der Waals surface area contributed by atoms with Gasteiger partial charge in [0.1, 0.15) is 42.3 Å². The van der Waals surface area contributed by atoms with Crippen molar-refractivity contribution >= 4 is 53.2 Å². The zero-order valence-electron chi connectivity index (χ0n) is 42.4. The van der Waals surface area contributed by atoms with Crippen molar-refractivity contribution in [2.45, 2.75) is 168 Å². The van der Waals surface area contributed by atoms with Crippen molar-refractivity contribution in [2.75, 3.05) is 26.2 Å². The van der Waals surface area contributed by atoms with Crippen molar-refractivity contribution < 1.29 is 53.4 Å². The zero-order valence-corrected chi connectivity index (χ0v) is 42.4. The van der Waals surface area contributed by atoms with Crippen LogP contribution in [0.4, 0.5) is 0 Å². The molecule has 13 N–H and O–H groups in total. The molecule has 0 spiro atoms. The number of carbonyl (C=O) groups is 9. The first-order valence-electron chi connectivity index (χ1n) is 24.8. The van der Waals surface area contributed by atoms with Crippen LogP contribution in [0.3, 0.4) is 0 Å². The molecule has 1 saturated heterocycles. The lowest BCUT2D eigenvalue weighted by atomic mass is 9.95. The molecule has 21 heteroatoms. The smallest absolute Gasteiger partial charge is 0.326 e. The largest absolute Gasteiger partial charge is 0.480 e. The van der Waals surface area contributed by atoms with Gasteiger partial charge in [-0.1, -0.05) is 92.1 Å². The van der Waals surface area contributed by atoms with E-state index in [0.717, 1.165) is 5.56 Å². The summed E-state index contributed by atoms with van der Waals surface area (Å²) in [6.45, 7) is 13.8. The number of hydrogen-bond acceptors (Lipinski definition) is 12. The quantitative estimate of drug-likeness (QED) is 0.0436. The predicted molar refractivity (Wildman–Crippen MR) is 263 cm³/mol. The highest BCUT2D eigenvalue weighted by atomic mass is 16.4. The highest BCUT2D eigenvalue weighted by molar-refractivity contribution is 5.97. The van der Waals surface area contributed by atoms with Gasteiger partial charge in [-0.05, 0) is 93.6 Å². The van der Waals surface area contributed by atoms with Gasteiger partial charge in [0.15, 0.2) is 0 Å². The lowest BCUT2D eigenvalue weighted by molar-refractivity contribution is -0.145. The van der Waals surface area contributed by atoms with E-state index in [2.05, 4.69) is 37.2 Å². The van der Waals surface area contributed by atoms with Crippen LogP contribution in [0.25, 0.3) is 0 Å².